The van der Waals surface area contributed by atoms with Gasteiger partial charge in [0, 0.05) is 13.6 Å². The van der Waals surface area contributed by atoms with Gasteiger partial charge in [-0.25, -0.2) is 0 Å². The zero-order valence-corrected chi connectivity index (χ0v) is 11.3. The minimum atomic E-state index is -0.613. The standard InChI is InChI=1S/C15H22N2O/c1-12-6-5-7-13(10-12)11-17(2)14(18)15(16)8-3-4-9-15/h5-7,10H,3-4,8-9,11,16H2,1-2H3. The highest BCUT2D eigenvalue weighted by molar-refractivity contribution is 5.86. The topological polar surface area (TPSA) is 46.3 Å². The van der Waals surface area contributed by atoms with Crippen molar-refractivity contribution in [2.75, 3.05) is 7.05 Å². The minimum Gasteiger partial charge on any atom is -0.340 e. The maximum absolute atomic E-state index is 12.4. The fourth-order valence-corrected chi connectivity index (χ4v) is 2.76. The number of carbonyl (C=O) groups excluding carboxylic acids is 1. The third-order valence-corrected chi connectivity index (χ3v) is 3.77. The van der Waals surface area contributed by atoms with Crippen LogP contribution in [0.4, 0.5) is 0 Å². The molecule has 1 aliphatic rings. The normalized spacial score (nSPS) is 17.7. The highest BCUT2D eigenvalue weighted by Gasteiger charge is 2.38. The molecule has 0 bridgehead atoms. The quantitative estimate of drug-likeness (QED) is 0.889. The smallest absolute Gasteiger partial charge is 0.242 e. The fourth-order valence-electron chi connectivity index (χ4n) is 2.76. The van der Waals surface area contributed by atoms with Crippen LogP contribution in [0.2, 0.25) is 0 Å². The molecule has 0 radical (unpaired) electrons. The average Bonchev–Trinajstić information content (AvgIpc) is 2.76. The molecule has 18 heavy (non-hydrogen) atoms. The van der Waals surface area contributed by atoms with Crippen LogP contribution in [-0.4, -0.2) is 23.4 Å². The Morgan fingerprint density at radius 2 is 2.06 bits per heavy atom. The molecule has 0 aromatic heterocycles. The summed E-state index contributed by atoms with van der Waals surface area (Å²) in [5.74, 6) is 0.0847. The number of benzene rings is 1. The molecule has 1 amide bonds. The van der Waals surface area contributed by atoms with Crippen molar-refractivity contribution in [2.24, 2.45) is 5.73 Å². The number of carbonyl (C=O) groups is 1. The maximum atomic E-state index is 12.4. The van der Waals surface area contributed by atoms with Crippen LogP contribution < -0.4 is 5.73 Å². The molecule has 0 aliphatic heterocycles. The van der Waals surface area contributed by atoms with Gasteiger partial charge in [0.05, 0.1) is 5.54 Å². The van der Waals surface area contributed by atoms with Gasteiger partial charge in [-0.15, -0.1) is 0 Å². The Kier molecular flexibility index (Phi) is 3.71. The van der Waals surface area contributed by atoms with Crippen molar-refractivity contribution < 1.29 is 4.79 Å². The molecule has 0 saturated heterocycles. The second kappa shape index (κ2) is 5.11. The van der Waals surface area contributed by atoms with E-state index in [-0.39, 0.29) is 5.91 Å². The molecule has 2 rings (SSSR count). The van der Waals surface area contributed by atoms with Crippen LogP contribution in [0.3, 0.4) is 0 Å². The number of amides is 1. The third-order valence-electron chi connectivity index (χ3n) is 3.77. The summed E-state index contributed by atoms with van der Waals surface area (Å²) in [7, 11) is 1.84. The SMILES string of the molecule is Cc1cccc(CN(C)C(=O)C2(N)CCCC2)c1. The second-order valence-corrected chi connectivity index (χ2v) is 5.51. The van der Waals surface area contributed by atoms with E-state index in [0.717, 1.165) is 31.2 Å². The summed E-state index contributed by atoms with van der Waals surface area (Å²) in [5.41, 5.74) is 7.96. The molecule has 1 fully saturated rings. The molecule has 0 unspecified atom stereocenters. The zero-order chi connectivity index (χ0) is 13.2. The molecule has 1 aromatic rings. The van der Waals surface area contributed by atoms with Gasteiger partial charge in [0.15, 0.2) is 0 Å². The van der Waals surface area contributed by atoms with Crippen molar-refractivity contribution in [3.05, 3.63) is 35.4 Å². The van der Waals surface area contributed by atoms with Crippen LogP contribution in [0.15, 0.2) is 24.3 Å². The monoisotopic (exact) mass is 246 g/mol. The van der Waals surface area contributed by atoms with Gasteiger partial charge >= 0.3 is 0 Å². The Hall–Kier alpha value is -1.35. The third kappa shape index (κ3) is 2.72. The lowest BCUT2D eigenvalue weighted by Crippen LogP contribution is -2.52. The molecule has 98 valence electrons. The second-order valence-electron chi connectivity index (χ2n) is 5.51. The van der Waals surface area contributed by atoms with Gasteiger partial charge in [-0.1, -0.05) is 42.7 Å². The minimum absolute atomic E-state index is 0.0847. The molecule has 1 aliphatic carbocycles. The first-order valence-electron chi connectivity index (χ1n) is 6.61. The van der Waals surface area contributed by atoms with Crippen molar-refractivity contribution >= 4 is 5.91 Å². The molecule has 3 nitrogen and oxygen atoms in total. The van der Waals surface area contributed by atoms with Crippen molar-refractivity contribution in [3.63, 3.8) is 0 Å². The van der Waals surface area contributed by atoms with Gasteiger partial charge in [0.25, 0.3) is 0 Å². The molecular weight excluding hydrogens is 224 g/mol. The van der Waals surface area contributed by atoms with Crippen LogP contribution in [0.25, 0.3) is 0 Å². The lowest BCUT2D eigenvalue weighted by Gasteiger charge is -2.28. The van der Waals surface area contributed by atoms with E-state index < -0.39 is 5.54 Å². The Balaban J connectivity index is 2.03. The fraction of sp³-hybridized carbons (Fsp3) is 0.533. The molecular formula is C15H22N2O. The number of rotatable bonds is 3. The van der Waals surface area contributed by atoms with E-state index in [1.54, 1.807) is 4.90 Å². The summed E-state index contributed by atoms with van der Waals surface area (Å²) in [6.45, 7) is 2.70. The highest BCUT2D eigenvalue weighted by atomic mass is 16.2. The number of likely N-dealkylation sites (N-methyl/N-ethyl adjacent to an activating group) is 1. The number of nitrogens with zero attached hydrogens (tertiary/aromatic N) is 1. The van der Waals surface area contributed by atoms with E-state index in [4.69, 9.17) is 5.73 Å². The Morgan fingerprint density at radius 1 is 1.39 bits per heavy atom. The van der Waals surface area contributed by atoms with Crippen molar-refractivity contribution in [1.82, 2.24) is 4.90 Å². The Bertz CT molecular complexity index is 436. The number of hydrogen-bond acceptors (Lipinski definition) is 2. The first kappa shape index (κ1) is 13.1. The van der Waals surface area contributed by atoms with Crippen LogP contribution in [0, 0.1) is 6.92 Å². The molecule has 2 N–H and O–H groups in total. The van der Waals surface area contributed by atoms with Crippen molar-refractivity contribution in [1.29, 1.82) is 0 Å². The molecule has 0 heterocycles. The van der Waals surface area contributed by atoms with Gasteiger partial charge < -0.3 is 10.6 Å². The Morgan fingerprint density at radius 3 is 2.67 bits per heavy atom. The van der Waals surface area contributed by atoms with Gasteiger partial charge in [-0.3, -0.25) is 4.79 Å². The van der Waals surface area contributed by atoms with Crippen LogP contribution >= 0.6 is 0 Å². The molecule has 1 saturated carbocycles. The van der Waals surface area contributed by atoms with Gasteiger partial charge in [0.1, 0.15) is 0 Å². The number of aryl methyl sites for hydroxylation is 1. The van der Waals surface area contributed by atoms with Crippen LogP contribution in [0.1, 0.15) is 36.8 Å². The molecule has 3 heteroatoms. The maximum Gasteiger partial charge on any atom is 0.242 e. The average molecular weight is 246 g/mol. The van der Waals surface area contributed by atoms with E-state index in [9.17, 15) is 4.79 Å². The molecule has 1 aromatic carbocycles. The predicted octanol–water partition coefficient (Wildman–Crippen LogP) is 2.22. The summed E-state index contributed by atoms with van der Waals surface area (Å²) in [6.07, 6.45) is 3.79. The Labute approximate surface area is 109 Å². The first-order valence-corrected chi connectivity index (χ1v) is 6.61. The number of nitrogens with two attached hydrogens (primary N) is 1. The van der Waals surface area contributed by atoms with E-state index in [2.05, 4.69) is 25.1 Å². The molecule has 0 spiro atoms. The van der Waals surface area contributed by atoms with Crippen LogP contribution in [0.5, 0.6) is 0 Å². The summed E-state index contributed by atoms with van der Waals surface area (Å²) in [4.78, 5) is 14.1. The van der Waals surface area contributed by atoms with Crippen molar-refractivity contribution in [3.8, 4) is 0 Å². The van der Waals surface area contributed by atoms with Crippen molar-refractivity contribution in [2.45, 2.75) is 44.7 Å². The predicted molar refractivity (Wildman–Crippen MR) is 73.0 cm³/mol. The lowest BCUT2D eigenvalue weighted by atomic mass is 9.97. The van der Waals surface area contributed by atoms with Gasteiger partial charge in [-0.2, -0.15) is 0 Å². The van der Waals surface area contributed by atoms with E-state index in [0.29, 0.717) is 6.54 Å². The summed E-state index contributed by atoms with van der Waals surface area (Å²) in [6, 6.07) is 8.25. The number of hydrogen-bond donors (Lipinski definition) is 1. The van der Waals surface area contributed by atoms with E-state index in [1.165, 1.54) is 5.56 Å². The van der Waals surface area contributed by atoms with E-state index >= 15 is 0 Å². The van der Waals surface area contributed by atoms with Gasteiger partial charge in [-0.05, 0) is 25.3 Å². The molecule has 0 atom stereocenters. The first-order chi connectivity index (χ1) is 8.51. The largest absolute Gasteiger partial charge is 0.340 e. The summed E-state index contributed by atoms with van der Waals surface area (Å²) in [5, 5.41) is 0. The highest BCUT2D eigenvalue weighted by Crippen LogP contribution is 2.29. The zero-order valence-electron chi connectivity index (χ0n) is 11.3. The lowest BCUT2D eigenvalue weighted by molar-refractivity contribution is -0.136. The van der Waals surface area contributed by atoms with E-state index in [1.807, 2.05) is 13.1 Å². The summed E-state index contributed by atoms with van der Waals surface area (Å²) < 4.78 is 0. The van der Waals surface area contributed by atoms with Gasteiger partial charge in [0.2, 0.25) is 5.91 Å². The summed E-state index contributed by atoms with van der Waals surface area (Å²) >= 11 is 0. The van der Waals surface area contributed by atoms with Crippen LogP contribution in [-0.2, 0) is 11.3 Å².